The van der Waals surface area contributed by atoms with Crippen LogP contribution in [0, 0.1) is 0 Å². The number of hydrogen-bond acceptors (Lipinski definition) is 2. The van der Waals surface area contributed by atoms with Crippen LogP contribution in [0.25, 0.3) is 0 Å². The van der Waals surface area contributed by atoms with Crippen LogP contribution in [0.3, 0.4) is 0 Å². The van der Waals surface area contributed by atoms with Gasteiger partial charge in [-0.25, -0.2) is 0 Å². The first-order valence-corrected chi connectivity index (χ1v) is 9.13. The first kappa shape index (κ1) is 15.9. The predicted octanol–water partition coefficient (Wildman–Crippen LogP) is 3.91. The molecule has 2 aliphatic rings. The molecule has 0 bridgehead atoms. The zero-order valence-electron chi connectivity index (χ0n) is 14.0. The molecule has 119 valence electrons. The number of hydrogen-bond donors (Lipinski definition) is 0. The summed E-state index contributed by atoms with van der Waals surface area (Å²) >= 11 is 0. The molecule has 1 aromatic carbocycles. The standard InChI is InChI=1S/C19H29BNO/c1-22-19-14-12-16(13-15-19)20-21(17-8-4-2-5-9-17)18-10-6-3-7-11-18/h12-15,17-18H,2-11H2,1H3. The van der Waals surface area contributed by atoms with Crippen molar-refractivity contribution in [3.63, 3.8) is 0 Å². The number of methoxy groups -OCH3 is 1. The van der Waals surface area contributed by atoms with Gasteiger partial charge in [0.25, 0.3) is 0 Å². The zero-order chi connectivity index (χ0) is 15.2. The summed E-state index contributed by atoms with van der Waals surface area (Å²) in [7, 11) is 4.17. The van der Waals surface area contributed by atoms with E-state index in [9.17, 15) is 0 Å². The van der Waals surface area contributed by atoms with Gasteiger partial charge in [-0.2, -0.15) is 0 Å². The Labute approximate surface area is 136 Å². The Balaban J connectivity index is 1.71. The lowest BCUT2D eigenvalue weighted by Gasteiger charge is -2.42. The third kappa shape index (κ3) is 4.07. The van der Waals surface area contributed by atoms with E-state index in [-0.39, 0.29) is 0 Å². The Morgan fingerprint density at radius 1 is 0.818 bits per heavy atom. The fraction of sp³-hybridized carbons (Fsp3) is 0.684. The van der Waals surface area contributed by atoms with Crippen LogP contribution in [0.2, 0.25) is 0 Å². The van der Waals surface area contributed by atoms with Gasteiger partial charge in [-0.05, 0) is 49.9 Å². The van der Waals surface area contributed by atoms with Gasteiger partial charge >= 0.3 is 0 Å². The quantitative estimate of drug-likeness (QED) is 0.764. The average molecular weight is 298 g/mol. The molecule has 3 heteroatoms. The maximum absolute atomic E-state index is 5.28. The molecule has 3 rings (SSSR count). The van der Waals surface area contributed by atoms with Gasteiger partial charge in [-0.3, -0.25) is 0 Å². The molecule has 1 aromatic rings. The molecule has 0 N–H and O–H groups in total. The van der Waals surface area contributed by atoms with E-state index < -0.39 is 0 Å². The molecule has 0 aromatic heterocycles. The summed E-state index contributed by atoms with van der Waals surface area (Å²) in [5.74, 6) is 0.944. The molecule has 0 aliphatic heterocycles. The molecule has 0 unspecified atom stereocenters. The second kappa shape index (κ2) is 8.05. The fourth-order valence-electron chi connectivity index (χ4n) is 4.13. The first-order chi connectivity index (χ1) is 10.9. The van der Waals surface area contributed by atoms with Crippen molar-refractivity contribution >= 4 is 12.9 Å². The topological polar surface area (TPSA) is 12.5 Å². The number of ether oxygens (including phenoxy) is 1. The molecule has 2 aliphatic carbocycles. The molecule has 22 heavy (non-hydrogen) atoms. The lowest BCUT2D eigenvalue weighted by atomic mass is 9.73. The van der Waals surface area contributed by atoms with Crippen molar-refractivity contribution in [2.75, 3.05) is 7.11 Å². The summed E-state index contributed by atoms with van der Waals surface area (Å²) in [6.45, 7) is 0. The molecule has 1 radical (unpaired) electrons. The number of nitrogens with zero attached hydrogens (tertiary/aromatic N) is 1. The Bertz CT molecular complexity index is 417. The Hall–Kier alpha value is -0.955. The van der Waals surface area contributed by atoms with Gasteiger partial charge in [0.15, 0.2) is 0 Å². The van der Waals surface area contributed by atoms with E-state index in [1.54, 1.807) is 7.11 Å². The summed E-state index contributed by atoms with van der Waals surface area (Å²) < 4.78 is 5.28. The smallest absolute Gasteiger partial charge is 0.248 e. The molecule has 0 saturated heterocycles. The lowest BCUT2D eigenvalue weighted by Crippen LogP contribution is -2.50. The highest BCUT2D eigenvalue weighted by Gasteiger charge is 2.29. The van der Waals surface area contributed by atoms with Crippen molar-refractivity contribution in [1.82, 2.24) is 4.81 Å². The average Bonchev–Trinajstić information content (AvgIpc) is 2.62. The van der Waals surface area contributed by atoms with E-state index >= 15 is 0 Å². The van der Waals surface area contributed by atoms with Crippen molar-refractivity contribution in [1.29, 1.82) is 0 Å². The van der Waals surface area contributed by atoms with E-state index in [0.29, 0.717) is 0 Å². The molecule has 2 saturated carbocycles. The molecular weight excluding hydrogens is 269 g/mol. The summed E-state index contributed by atoms with van der Waals surface area (Å²) in [5.41, 5.74) is 1.32. The Morgan fingerprint density at radius 2 is 1.32 bits per heavy atom. The summed E-state index contributed by atoms with van der Waals surface area (Å²) in [5, 5.41) is 0. The monoisotopic (exact) mass is 298 g/mol. The molecular formula is C19H29BNO. The number of benzene rings is 1. The lowest BCUT2D eigenvalue weighted by molar-refractivity contribution is 0.172. The maximum atomic E-state index is 5.28. The van der Waals surface area contributed by atoms with Crippen molar-refractivity contribution in [3.05, 3.63) is 24.3 Å². The SMILES string of the molecule is COc1ccc([B]N(C2CCCCC2)C2CCCCC2)cc1. The fourth-order valence-corrected chi connectivity index (χ4v) is 4.13. The molecule has 2 fully saturated rings. The van der Waals surface area contributed by atoms with Crippen LogP contribution in [0.5, 0.6) is 5.75 Å². The van der Waals surface area contributed by atoms with Crippen molar-refractivity contribution < 1.29 is 4.74 Å². The molecule has 0 amide bonds. The van der Waals surface area contributed by atoms with Gasteiger partial charge in [0.1, 0.15) is 5.75 Å². The normalized spacial score (nSPS) is 21.0. The molecule has 2 nitrogen and oxygen atoms in total. The van der Waals surface area contributed by atoms with E-state index in [2.05, 4.69) is 36.5 Å². The molecule has 0 heterocycles. The minimum Gasteiger partial charge on any atom is -0.497 e. The Kier molecular flexibility index (Phi) is 5.83. The largest absolute Gasteiger partial charge is 0.497 e. The minimum atomic E-state index is 0.763. The molecule has 0 atom stereocenters. The van der Waals surface area contributed by atoms with Crippen molar-refractivity contribution in [2.45, 2.75) is 76.3 Å². The third-order valence-electron chi connectivity index (χ3n) is 5.41. The van der Waals surface area contributed by atoms with Crippen LogP contribution in [-0.2, 0) is 0 Å². The summed E-state index contributed by atoms with van der Waals surface area (Å²) in [6.07, 6.45) is 14.0. The van der Waals surface area contributed by atoms with Crippen LogP contribution in [0.1, 0.15) is 64.2 Å². The highest BCUT2D eigenvalue weighted by atomic mass is 16.5. The minimum absolute atomic E-state index is 0.763. The highest BCUT2D eigenvalue weighted by molar-refractivity contribution is 6.50. The van der Waals surface area contributed by atoms with Crippen LogP contribution in [0.4, 0.5) is 0 Å². The van der Waals surface area contributed by atoms with Crippen LogP contribution >= 0.6 is 0 Å². The second-order valence-electron chi connectivity index (χ2n) is 6.93. The van der Waals surface area contributed by atoms with Gasteiger partial charge < -0.3 is 9.55 Å². The van der Waals surface area contributed by atoms with E-state index in [1.807, 2.05) is 0 Å². The van der Waals surface area contributed by atoms with Gasteiger partial charge in [0, 0.05) is 0 Å². The van der Waals surface area contributed by atoms with Gasteiger partial charge in [0.2, 0.25) is 7.41 Å². The second-order valence-corrected chi connectivity index (χ2v) is 6.93. The van der Waals surface area contributed by atoms with E-state index in [0.717, 1.165) is 17.8 Å². The van der Waals surface area contributed by atoms with E-state index in [4.69, 9.17) is 4.74 Å². The van der Waals surface area contributed by atoms with Gasteiger partial charge in [-0.1, -0.05) is 56.1 Å². The van der Waals surface area contributed by atoms with Crippen LogP contribution < -0.4 is 10.2 Å². The summed E-state index contributed by atoms with van der Waals surface area (Å²) in [4.78, 5) is 2.74. The predicted molar refractivity (Wildman–Crippen MR) is 94.0 cm³/mol. The Morgan fingerprint density at radius 3 is 1.77 bits per heavy atom. The third-order valence-corrected chi connectivity index (χ3v) is 5.41. The summed E-state index contributed by atoms with van der Waals surface area (Å²) in [6, 6.07) is 10.1. The van der Waals surface area contributed by atoms with Gasteiger partial charge in [-0.15, -0.1) is 0 Å². The maximum Gasteiger partial charge on any atom is 0.248 e. The number of rotatable bonds is 5. The van der Waals surface area contributed by atoms with Crippen molar-refractivity contribution in [2.24, 2.45) is 0 Å². The van der Waals surface area contributed by atoms with Crippen LogP contribution in [-0.4, -0.2) is 31.4 Å². The van der Waals surface area contributed by atoms with Gasteiger partial charge in [0.05, 0.1) is 7.11 Å². The zero-order valence-corrected chi connectivity index (χ0v) is 14.0. The van der Waals surface area contributed by atoms with Crippen molar-refractivity contribution in [3.8, 4) is 5.75 Å². The van der Waals surface area contributed by atoms with E-state index in [1.165, 1.54) is 69.7 Å². The first-order valence-electron chi connectivity index (χ1n) is 9.13. The molecule has 0 spiro atoms. The van der Waals surface area contributed by atoms with Crippen LogP contribution in [0.15, 0.2) is 24.3 Å². The highest BCUT2D eigenvalue weighted by Crippen LogP contribution is 2.29.